The van der Waals surface area contributed by atoms with Crippen molar-refractivity contribution >= 4 is 43.8 Å². The topological polar surface area (TPSA) is 191 Å². The molecule has 248 valence electrons. The van der Waals surface area contributed by atoms with Crippen LogP contribution < -0.4 is 0 Å². The Labute approximate surface area is 276 Å². The van der Waals surface area contributed by atoms with Gasteiger partial charge >= 0.3 is 11.9 Å². The molecular weight excluding hydrogens is 728 g/mol. The van der Waals surface area contributed by atoms with Gasteiger partial charge in [0.1, 0.15) is 49.3 Å². The summed E-state index contributed by atoms with van der Waals surface area (Å²) in [6, 6.07) is 12.6. The lowest BCUT2D eigenvalue weighted by Crippen LogP contribution is -2.62. The van der Waals surface area contributed by atoms with Crippen LogP contribution in [0.15, 0.2) is 57.5 Å². The number of hydrogen-bond donors (Lipinski definition) is 5. The second kappa shape index (κ2) is 15.3. The molecule has 0 radical (unpaired) electrons. The van der Waals surface area contributed by atoms with Crippen LogP contribution in [0.25, 0.3) is 0 Å². The third kappa shape index (κ3) is 9.29. The molecule has 2 aromatic carbocycles. The molecular formula is C30H36Br2O13. The number of rotatable bonds is 9. The van der Waals surface area contributed by atoms with E-state index in [-0.39, 0.29) is 11.1 Å². The van der Waals surface area contributed by atoms with Crippen molar-refractivity contribution in [3.8, 4) is 0 Å². The molecule has 0 aliphatic carbocycles. The van der Waals surface area contributed by atoms with Gasteiger partial charge in [0.25, 0.3) is 0 Å². The fourth-order valence-electron chi connectivity index (χ4n) is 4.62. The molecule has 4 rings (SSSR count). The standard InChI is InChI=1S/C30H36Br2O13/c1-30(2,3)45-29-23(36)21(34)20(33)18(42-29)12-41-28-24(37)22(35)25(44-27(39)15-6-10-17(32)11-7-15)19(43-28)13-40-26(38)14-4-8-16(31)9-5-14/h4-11,18-25,28-29,33-37H,12-13H2,1-3H3/t18-,19-,20-,21+,22-,23-,24-,25-,28-,29-/m1/s1. The highest BCUT2D eigenvalue weighted by molar-refractivity contribution is 9.10. The van der Waals surface area contributed by atoms with E-state index in [1.54, 1.807) is 45.0 Å². The van der Waals surface area contributed by atoms with Crippen molar-refractivity contribution < 1.29 is 63.5 Å². The lowest BCUT2D eigenvalue weighted by Gasteiger charge is -2.44. The molecule has 0 aromatic heterocycles. The maximum atomic E-state index is 12.9. The van der Waals surface area contributed by atoms with Crippen molar-refractivity contribution in [2.75, 3.05) is 13.2 Å². The quantitative estimate of drug-likeness (QED) is 0.232. The first-order valence-corrected chi connectivity index (χ1v) is 15.6. The number of hydrogen-bond acceptors (Lipinski definition) is 13. The average Bonchev–Trinajstić information content (AvgIpc) is 2.99. The second-order valence-corrected chi connectivity index (χ2v) is 13.4. The number of esters is 2. The van der Waals surface area contributed by atoms with E-state index in [9.17, 15) is 35.1 Å². The fraction of sp³-hybridized carbons (Fsp3) is 0.533. The largest absolute Gasteiger partial charge is 0.459 e. The summed E-state index contributed by atoms with van der Waals surface area (Å²) in [6.45, 7) is 4.14. The molecule has 15 heteroatoms. The number of benzene rings is 2. The predicted octanol–water partition coefficient (Wildman–Crippen LogP) is 1.68. The van der Waals surface area contributed by atoms with Gasteiger partial charge in [0.15, 0.2) is 18.7 Å². The van der Waals surface area contributed by atoms with E-state index in [1.165, 1.54) is 24.3 Å². The summed E-state index contributed by atoms with van der Waals surface area (Å²) in [4.78, 5) is 25.6. The number of aliphatic hydroxyl groups is 5. The summed E-state index contributed by atoms with van der Waals surface area (Å²) < 4.78 is 35.2. The van der Waals surface area contributed by atoms with E-state index in [0.717, 1.165) is 8.95 Å². The highest BCUT2D eigenvalue weighted by Gasteiger charge is 2.50. The van der Waals surface area contributed by atoms with Crippen LogP contribution in [0, 0.1) is 0 Å². The molecule has 45 heavy (non-hydrogen) atoms. The molecule has 2 saturated heterocycles. The van der Waals surface area contributed by atoms with Crippen LogP contribution in [0.4, 0.5) is 0 Å². The van der Waals surface area contributed by atoms with Crippen molar-refractivity contribution in [1.29, 1.82) is 0 Å². The van der Waals surface area contributed by atoms with Gasteiger partial charge in [-0.1, -0.05) is 31.9 Å². The molecule has 2 aromatic rings. The number of ether oxygens (including phenoxy) is 6. The number of carbonyl (C=O) groups is 2. The highest BCUT2D eigenvalue weighted by Crippen LogP contribution is 2.29. The molecule has 2 heterocycles. The minimum atomic E-state index is -1.77. The van der Waals surface area contributed by atoms with Crippen molar-refractivity contribution in [1.82, 2.24) is 0 Å². The SMILES string of the molecule is CC(C)(C)O[C@H]1O[C@H](CO[C@@H]2O[C@H](COC(=O)c3ccc(Br)cc3)[C@@H](OC(=O)c3ccc(Br)cc3)[C@H](O)[C@H]2O)[C@@H](O)[C@H](O)[C@H]1O. The van der Waals surface area contributed by atoms with Crippen molar-refractivity contribution in [2.45, 2.75) is 87.8 Å². The number of carbonyl (C=O) groups excluding carboxylic acids is 2. The van der Waals surface area contributed by atoms with E-state index in [2.05, 4.69) is 31.9 Å². The average molecular weight is 764 g/mol. The van der Waals surface area contributed by atoms with E-state index in [1.807, 2.05) is 0 Å². The van der Waals surface area contributed by atoms with E-state index in [4.69, 9.17) is 28.4 Å². The molecule has 13 nitrogen and oxygen atoms in total. The van der Waals surface area contributed by atoms with Gasteiger partial charge < -0.3 is 54.0 Å². The van der Waals surface area contributed by atoms with Crippen molar-refractivity contribution in [3.05, 3.63) is 68.6 Å². The minimum Gasteiger partial charge on any atom is -0.459 e. The highest BCUT2D eigenvalue weighted by atomic mass is 79.9. The lowest BCUT2D eigenvalue weighted by atomic mass is 9.98. The Balaban J connectivity index is 1.48. The van der Waals surface area contributed by atoms with Crippen LogP contribution in [0.1, 0.15) is 41.5 Å². The van der Waals surface area contributed by atoms with Crippen molar-refractivity contribution in [3.63, 3.8) is 0 Å². The van der Waals surface area contributed by atoms with Gasteiger partial charge in [-0.15, -0.1) is 0 Å². The molecule has 2 aliphatic heterocycles. The zero-order chi connectivity index (χ0) is 33.1. The molecule has 2 fully saturated rings. The van der Waals surface area contributed by atoms with E-state index < -0.39 is 92.2 Å². The number of halogens is 2. The van der Waals surface area contributed by atoms with Gasteiger partial charge in [-0.25, -0.2) is 9.59 Å². The second-order valence-electron chi connectivity index (χ2n) is 11.6. The molecule has 0 spiro atoms. The van der Waals surface area contributed by atoms with Gasteiger partial charge in [0.05, 0.1) is 23.3 Å². The van der Waals surface area contributed by atoms with Gasteiger partial charge in [-0.2, -0.15) is 0 Å². The third-order valence-corrected chi connectivity index (χ3v) is 8.04. The molecule has 0 bridgehead atoms. The third-order valence-electron chi connectivity index (χ3n) is 6.99. The van der Waals surface area contributed by atoms with Crippen LogP contribution in [-0.2, 0) is 28.4 Å². The van der Waals surface area contributed by atoms with Crippen LogP contribution in [0.5, 0.6) is 0 Å². The van der Waals surface area contributed by atoms with Crippen LogP contribution >= 0.6 is 31.9 Å². The van der Waals surface area contributed by atoms with Gasteiger partial charge in [0, 0.05) is 8.95 Å². The van der Waals surface area contributed by atoms with Crippen molar-refractivity contribution in [2.24, 2.45) is 0 Å². The molecule has 0 amide bonds. The monoisotopic (exact) mass is 762 g/mol. The Kier molecular flexibility index (Phi) is 12.1. The van der Waals surface area contributed by atoms with Gasteiger partial charge in [0.2, 0.25) is 0 Å². The van der Waals surface area contributed by atoms with Crippen LogP contribution in [0.2, 0.25) is 0 Å². The Hall–Kier alpha value is -2.02. The summed E-state index contributed by atoms with van der Waals surface area (Å²) in [5, 5.41) is 53.2. The molecule has 10 atom stereocenters. The van der Waals surface area contributed by atoms with E-state index >= 15 is 0 Å². The maximum absolute atomic E-state index is 12.9. The smallest absolute Gasteiger partial charge is 0.338 e. The van der Waals surface area contributed by atoms with Gasteiger partial charge in [-0.05, 0) is 69.3 Å². The Morgan fingerprint density at radius 3 is 1.76 bits per heavy atom. The predicted molar refractivity (Wildman–Crippen MR) is 162 cm³/mol. The first kappa shape index (κ1) is 35.8. The molecule has 5 N–H and O–H groups in total. The zero-order valence-corrected chi connectivity index (χ0v) is 27.7. The number of aliphatic hydroxyl groups excluding tert-OH is 5. The minimum absolute atomic E-state index is 0.153. The Morgan fingerprint density at radius 2 is 1.20 bits per heavy atom. The molecule has 0 saturated carbocycles. The maximum Gasteiger partial charge on any atom is 0.338 e. The first-order chi connectivity index (χ1) is 21.1. The van der Waals surface area contributed by atoms with Crippen LogP contribution in [0.3, 0.4) is 0 Å². The summed E-state index contributed by atoms with van der Waals surface area (Å²) in [7, 11) is 0. The summed E-state index contributed by atoms with van der Waals surface area (Å²) in [5.74, 6) is -1.56. The van der Waals surface area contributed by atoms with E-state index in [0.29, 0.717) is 0 Å². The summed E-state index contributed by atoms with van der Waals surface area (Å²) >= 11 is 6.58. The first-order valence-electron chi connectivity index (χ1n) is 14.0. The Bertz CT molecular complexity index is 1290. The zero-order valence-electron chi connectivity index (χ0n) is 24.6. The Morgan fingerprint density at radius 1 is 0.689 bits per heavy atom. The summed E-state index contributed by atoms with van der Waals surface area (Å²) in [5.41, 5.74) is -0.391. The summed E-state index contributed by atoms with van der Waals surface area (Å²) in [6.07, 6.45) is -15.3. The van der Waals surface area contributed by atoms with Gasteiger partial charge in [-0.3, -0.25) is 0 Å². The molecule has 2 aliphatic rings. The van der Waals surface area contributed by atoms with Crippen LogP contribution in [-0.4, -0.2) is 118 Å². The normalized spacial score (nSPS) is 32.1. The fourth-order valence-corrected chi connectivity index (χ4v) is 5.15. The molecule has 0 unspecified atom stereocenters. The lowest BCUT2D eigenvalue weighted by molar-refractivity contribution is -0.340.